The summed E-state index contributed by atoms with van der Waals surface area (Å²) in [5.74, 6) is 0. The molecule has 1 atom stereocenters. The molecule has 0 N–H and O–H groups in total. The number of amides is 1. The van der Waals surface area contributed by atoms with Gasteiger partial charge in [0, 0.05) is 7.05 Å². The molecule has 0 aromatic heterocycles. The van der Waals surface area contributed by atoms with Gasteiger partial charge < -0.3 is 14.4 Å². The minimum Gasteiger partial charge on any atom is -0.444 e. The zero-order chi connectivity index (χ0) is 14.0. The predicted octanol–water partition coefficient (Wildman–Crippen LogP) is 3.00. The SMILES string of the molecule is CCC1(C(C=O)N(C)C(=O)OC(C)(C)C)CCC1. The highest BCUT2D eigenvalue weighted by Crippen LogP contribution is 2.47. The third kappa shape index (κ3) is 3.03. The van der Waals surface area contributed by atoms with Crippen molar-refractivity contribution in [2.45, 2.75) is 65.0 Å². The molecule has 18 heavy (non-hydrogen) atoms. The molecule has 4 heteroatoms. The third-order valence-corrected chi connectivity index (χ3v) is 3.91. The summed E-state index contributed by atoms with van der Waals surface area (Å²) in [5.41, 5.74) is -0.564. The summed E-state index contributed by atoms with van der Waals surface area (Å²) >= 11 is 0. The van der Waals surface area contributed by atoms with E-state index in [1.165, 1.54) is 4.90 Å². The first-order chi connectivity index (χ1) is 8.25. The summed E-state index contributed by atoms with van der Waals surface area (Å²) < 4.78 is 5.32. The molecule has 1 amide bonds. The first-order valence-electron chi connectivity index (χ1n) is 6.67. The molecule has 4 nitrogen and oxygen atoms in total. The molecule has 0 spiro atoms. The maximum absolute atomic E-state index is 12.0. The van der Waals surface area contributed by atoms with E-state index in [4.69, 9.17) is 4.74 Å². The zero-order valence-electron chi connectivity index (χ0n) is 12.2. The van der Waals surface area contributed by atoms with E-state index in [0.29, 0.717) is 0 Å². The van der Waals surface area contributed by atoms with Gasteiger partial charge in [0.15, 0.2) is 0 Å². The summed E-state index contributed by atoms with van der Waals surface area (Å²) in [7, 11) is 1.66. The summed E-state index contributed by atoms with van der Waals surface area (Å²) in [6.45, 7) is 7.56. The van der Waals surface area contributed by atoms with Crippen LogP contribution in [0.3, 0.4) is 0 Å². The van der Waals surface area contributed by atoms with Gasteiger partial charge in [-0.3, -0.25) is 0 Å². The van der Waals surface area contributed by atoms with E-state index < -0.39 is 11.7 Å². The fraction of sp³-hybridized carbons (Fsp3) is 0.857. The summed E-state index contributed by atoms with van der Waals surface area (Å²) in [6, 6.07) is -0.369. The lowest BCUT2D eigenvalue weighted by Crippen LogP contribution is -2.53. The second kappa shape index (κ2) is 5.29. The number of rotatable bonds is 4. The lowest BCUT2D eigenvalue weighted by atomic mass is 9.62. The van der Waals surface area contributed by atoms with E-state index in [1.807, 2.05) is 20.8 Å². The van der Waals surface area contributed by atoms with Crippen molar-refractivity contribution >= 4 is 12.4 Å². The maximum atomic E-state index is 12.0. The fourth-order valence-electron chi connectivity index (χ4n) is 2.58. The van der Waals surface area contributed by atoms with Gasteiger partial charge >= 0.3 is 6.09 Å². The Labute approximate surface area is 110 Å². The van der Waals surface area contributed by atoms with Gasteiger partial charge in [0.05, 0.1) is 6.04 Å². The number of hydrogen-bond donors (Lipinski definition) is 0. The topological polar surface area (TPSA) is 46.6 Å². The average Bonchev–Trinajstić information content (AvgIpc) is 2.19. The standard InChI is InChI=1S/C14H25NO3/c1-6-14(8-7-9-14)11(10-16)15(5)12(17)18-13(2,3)4/h10-11H,6-9H2,1-5H3. The van der Waals surface area contributed by atoms with Crippen molar-refractivity contribution in [1.29, 1.82) is 0 Å². The first-order valence-corrected chi connectivity index (χ1v) is 6.67. The van der Waals surface area contributed by atoms with Crippen LogP contribution in [-0.4, -0.2) is 36.0 Å². The van der Waals surface area contributed by atoms with Gasteiger partial charge in [0.25, 0.3) is 0 Å². The van der Waals surface area contributed by atoms with Crippen molar-refractivity contribution < 1.29 is 14.3 Å². The number of likely N-dealkylation sites (N-methyl/N-ethyl adjacent to an activating group) is 1. The lowest BCUT2D eigenvalue weighted by Gasteiger charge is -2.48. The number of ether oxygens (including phenoxy) is 1. The number of carbonyl (C=O) groups excluding carboxylic acids is 2. The molecule has 0 aliphatic heterocycles. The van der Waals surface area contributed by atoms with Crippen molar-refractivity contribution in [2.24, 2.45) is 5.41 Å². The Morgan fingerprint density at radius 1 is 1.44 bits per heavy atom. The Kier molecular flexibility index (Phi) is 4.41. The van der Waals surface area contributed by atoms with Gasteiger partial charge in [0.2, 0.25) is 0 Å². The number of carbonyl (C=O) groups is 2. The van der Waals surface area contributed by atoms with Crippen LogP contribution in [0.2, 0.25) is 0 Å². The normalized spacial score (nSPS) is 19.6. The Hall–Kier alpha value is -1.06. The van der Waals surface area contributed by atoms with Crippen LogP contribution >= 0.6 is 0 Å². The van der Waals surface area contributed by atoms with Crippen LogP contribution in [0.5, 0.6) is 0 Å². The molecular weight excluding hydrogens is 230 g/mol. The van der Waals surface area contributed by atoms with Gasteiger partial charge in [-0.1, -0.05) is 13.3 Å². The number of nitrogens with zero attached hydrogens (tertiary/aromatic N) is 1. The monoisotopic (exact) mass is 255 g/mol. The number of hydrogen-bond acceptors (Lipinski definition) is 3. The fourth-order valence-corrected chi connectivity index (χ4v) is 2.58. The van der Waals surface area contributed by atoms with E-state index in [2.05, 4.69) is 6.92 Å². The molecule has 1 saturated carbocycles. The van der Waals surface area contributed by atoms with Gasteiger partial charge in [-0.05, 0) is 45.4 Å². The summed E-state index contributed by atoms with van der Waals surface area (Å²) in [5, 5.41) is 0. The van der Waals surface area contributed by atoms with Crippen LogP contribution in [0, 0.1) is 5.41 Å². The highest BCUT2D eigenvalue weighted by molar-refractivity contribution is 5.74. The van der Waals surface area contributed by atoms with E-state index in [-0.39, 0.29) is 11.5 Å². The van der Waals surface area contributed by atoms with Crippen LogP contribution in [0.15, 0.2) is 0 Å². The average molecular weight is 255 g/mol. The Morgan fingerprint density at radius 2 is 2.00 bits per heavy atom. The quantitative estimate of drug-likeness (QED) is 0.725. The minimum absolute atomic E-state index is 0.0343. The second-order valence-corrected chi connectivity index (χ2v) is 6.24. The van der Waals surface area contributed by atoms with E-state index in [0.717, 1.165) is 32.0 Å². The molecule has 0 heterocycles. The summed E-state index contributed by atoms with van der Waals surface area (Å²) in [6.07, 6.45) is 4.57. The molecule has 1 aliphatic rings. The number of aldehydes is 1. The molecule has 0 radical (unpaired) electrons. The molecule has 1 unspecified atom stereocenters. The Balaban J connectivity index is 2.76. The molecule has 0 aromatic carbocycles. The van der Waals surface area contributed by atoms with E-state index >= 15 is 0 Å². The maximum Gasteiger partial charge on any atom is 0.410 e. The van der Waals surface area contributed by atoms with Crippen LogP contribution < -0.4 is 0 Å². The predicted molar refractivity (Wildman–Crippen MR) is 70.4 cm³/mol. The molecule has 104 valence electrons. The van der Waals surface area contributed by atoms with Crippen LogP contribution in [0.4, 0.5) is 4.79 Å². The van der Waals surface area contributed by atoms with Crippen molar-refractivity contribution in [3.05, 3.63) is 0 Å². The van der Waals surface area contributed by atoms with E-state index in [9.17, 15) is 9.59 Å². The van der Waals surface area contributed by atoms with Crippen molar-refractivity contribution in [3.63, 3.8) is 0 Å². The van der Waals surface area contributed by atoms with Gasteiger partial charge in [-0.2, -0.15) is 0 Å². The first kappa shape index (κ1) is 15.0. The lowest BCUT2D eigenvalue weighted by molar-refractivity contribution is -0.119. The van der Waals surface area contributed by atoms with Gasteiger partial charge in [-0.25, -0.2) is 4.79 Å². The minimum atomic E-state index is -0.530. The highest BCUT2D eigenvalue weighted by Gasteiger charge is 2.46. The molecule has 1 aliphatic carbocycles. The van der Waals surface area contributed by atoms with Gasteiger partial charge in [0.1, 0.15) is 11.9 Å². The van der Waals surface area contributed by atoms with Crippen molar-refractivity contribution in [2.75, 3.05) is 7.05 Å². The van der Waals surface area contributed by atoms with Crippen LogP contribution in [0.25, 0.3) is 0 Å². The molecule has 1 rings (SSSR count). The highest BCUT2D eigenvalue weighted by atomic mass is 16.6. The molecule has 0 saturated heterocycles. The van der Waals surface area contributed by atoms with E-state index in [1.54, 1.807) is 7.05 Å². The molecule has 1 fully saturated rings. The third-order valence-electron chi connectivity index (χ3n) is 3.91. The molecular formula is C14H25NO3. The van der Waals surface area contributed by atoms with Crippen molar-refractivity contribution in [1.82, 2.24) is 4.90 Å². The second-order valence-electron chi connectivity index (χ2n) is 6.24. The van der Waals surface area contributed by atoms with Crippen molar-refractivity contribution in [3.8, 4) is 0 Å². The summed E-state index contributed by atoms with van der Waals surface area (Å²) in [4.78, 5) is 24.8. The molecule has 0 bridgehead atoms. The molecule has 0 aromatic rings. The van der Waals surface area contributed by atoms with Gasteiger partial charge in [-0.15, -0.1) is 0 Å². The van der Waals surface area contributed by atoms with Crippen LogP contribution in [0.1, 0.15) is 53.4 Å². The Morgan fingerprint density at radius 3 is 2.28 bits per heavy atom. The Bertz CT molecular complexity index is 310. The largest absolute Gasteiger partial charge is 0.444 e. The smallest absolute Gasteiger partial charge is 0.410 e. The zero-order valence-corrected chi connectivity index (χ0v) is 12.2. The van der Waals surface area contributed by atoms with Crippen LogP contribution in [-0.2, 0) is 9.53 Å².